The van der Waals surface area contributed by atoms with E-state index in [4.69, 9.17) is 4.42 Å². The molecule has 1 heterocycles. The van der Waals surface area contributed by atoms with E-state index in [-0.39, 0.29) is 10.8 Å². The number of hydrogen-bond donors (Lipinski definition) is 0. The van der Waals surface area contributed by atoms with Gasteiger partial charge in [0, 0.05) is 39.1 Å². The first-order valence-electron chi connectivity index (χ1n) is 24.2. The van der Waals surface area contributed by atoms with E-state index in [2.05, 4.69) is 270 Å². The molecule has 0 aliphatic heterocycles. The number of para-hydroxylation sites is 3. The third-order valence-corrected chi connectivity index (χ3v) is 14.1. The van der Waals surface area contributed by atoms with Crippen molar-refractivity contribution < 1.29 is 4.42 Å². The molecule has 10 aromatic carbocycles. The fourth-order valence-electron chi connectivity index (χ4n) is 10.7. The molecule has 12 rings (SSSR count). The van der Waals surface area contributed by atoms with E-state index < -0.39 is 0 Å². The average molecular weight is 891 g/mol. The quantitative estimate of drug-likeness (QED) is 0.166. The van der Waals surface area contributed by atoms with E-state index in [0.29, 0.717) is 0 Å². The lowest BCUT2D eigenvalue weighted by molar-refractivity contribution is 0.590. The van der Waals surface area contributed by atoms with E-state index in [1.54, 1.807) is 0 Å². The molecular formula is C66H54N2O. The van der Waals surface area contributed by atoms with E-state index >= 15 is 0 Å². The van der Waals surface area contributed by atoms with Gasteiger partial charge in [-0.1, -0.05) is 199 Å². The summed E-state index contributed by atoms with van der Waals surface area (Å²) in [5.74, 6) is 0. The summed E-state index contributed by atoms with van der Waals surface area (Å²) in [7, 11) is 0. The van der Waals surface area contributed by atoms with Crippen LogP contribution in [0.25, 0.3) is 77.2 Å². The van der Waals surface area contributed by atoms with Gasteiger partial charge >= 0.3 is 0 Å². The summed E-state index contributed by atoms with van der Waals surface area (Å²) in [4.78, 5) is 4.76. The molecule has 0 N–H and O–H groups in total. The zero-order valence-electron chi connectivity index (χ0n) is 40.1. The van der Waals surface area contributed by atoms with Gasteiger partial charge in [-0.2, -0.15) is 0 Å². The van der Waals surface area contributed by atoms with Crippen LogP contribution in [0.15, 0.2) is 223 Å². The molecule has 1 aliphatic carbocycles. The van der Waals surface area contributed by atoms with Crippen LogP contribution in [0.4, 0.5) is 34.1 Å². The van der Waals surface area contributed by atoms with Gasteiger partial charge in [0.15, 0.2) is 11.2 Å². The van der Waals surface area contributed by atoms with Crippen molar-refractivity contribution >= 4 is 66.8 Å². The number of rotatable bonds is 6. The molecule has 0 atom stereocenters. The first kappa shape index (κ1) is 42.2. The third kappa shape index (κ3) is 7.11. The smallest absolute Gasteiger partial charge is 0.160 e. The Balaban J connectivity index is 1.27. The van der Waals surface area contributed by atoms with Crippen molar-refractivity contribution in [1.29, 1.82) is 0 Å². The van der Waals surface area contributed by atoms with Crippen LogP contribution < -0.4 is 9.80 Å². The van der Waals surface area contributed by atoms with Crippen LogP contribution in [-0.4, -0.2) is 0 Å². The molecular weight excluding hydrogens is 837 g/mol. The first-order valence-corrected chi connectivity index (χ1v) is 24.2. The fourth-order valence-corrected chi connectivity index (χ4v) is 10.7. The van der Waals surface area contributed by atoms with Crippen molar-refractivity contribution in [2.24, 2.45) is 0 Å². The van der Waals surface area contributed by atoms with Gasteiger partial charge in [-0.3, -0.25) is 0 Å². The van der Waals surface area contributed by atoms with Crippen molar-refractivity contribution in [1.82, 2.24) is 0 Å². The minimum Gasteiger partial charge on any atom is -0.452 e. The minimum absolute atomic E-state index is 0.00501. The predicted octanol–water partition coefficient (Wildman–Crippen LogP) is 19.3. The van der Waals surface area contributed by atoms with Crippen LogP contribution in [-0.2, 0) is 10.8 Å². The normalized spacial score (nSPS) is 12.2. The largest absolute Gasteiger partial charge is 0.452 e. The van der Waals surface area contributed by atoms with Gasteiger partial charge in [-0.05, 0) is 132 Å². The lowest BCUT2D eigenvalue weighted by atomic mass is 9.77. The standard InChI is InChI=1S/C66H54N2O/c1-65(2,3)44-33-37-48(38-34-44)67(46-21-9-7-10-22-46)58-31-19-30-56-62-61-57(42-59(64(62)69-63(56)58)68(47-23-11-8-12-24-47)49-39-35-45(36-40-49)66(4,5)6)54-29-18-16-27-52(54)51-26-15-17-28-53(51)55-41-32-43-20-13-14-25-50(43)60(55)61/h7-42H,1-6H3. The second-order valence-corrected chi connectivity index (χ2v) is 20.5. The highest BCUT2D eigenvalue weighted by molar-refractivity contribution is 6.26. The highest BCUT2D eigenvalue weighted by Crippen LogP contribution is 2.57. The maximum absolute atomic E-state index is 7.76. The highest BCUT2D eigenvalue weighted by atomic mass is 16.3. The predicted molar refractivity (Wildman–Crippen MR) is 293 cm³/mol. The Morgan fingerprint density at radius 3 is 1.32 bits per heavy atom. The van der Waals surface area contributed by atoms with Crippen molar-refractivity contribution in [2.45, 2.75) is 52.4 Å². The first-order chi connectivity index (χ1) is 33.5. The molecule has 0 bridgehead atoms. The van der Waals surface area contributed by atoms with Crippen molar-refractivity contribution in [3.8, 4) is 44.5 Å². The molecule has 1 aliphatic rings. The molecule has 0 saturated heterocycles. The van der Waals surface area contributed by atoms with Crippen LogP contribution in [0.3, 0.4) is 0 Å². The third-order valence-electron chi connectivity index (χ3n) is 14.1. The number of furan rings is 1. The Labute approximate surface area is 405 Å². The topological polar surface area (TPSA) is 19.6 Å². The molecule has 3 heteroatoms. The van der Waals surface area contributed by atoms with Crippen molar-refractivity contribution in [3.63, 3.8) is 0 Å². The number of benzene rings is 10. The van der Waals surface area contributed by atoms with E-state index in [1.165, 1.54) is 55.3 Å². The van der Waals surface area contributed by atoms with Crippen molar-refractivity contribution in [2.75, 3.05) is 9.80 Å². The van der Waals surface area contributed by atoms with Crippen LogP contribution in [0.1, 0.15) is 52.7 Å². The number of hydrogen-bond acceptors (Lipinski definition) is 3. The van der Waals surface area contributed by atoms with E-state index in [1.807, 2.05) is 0 Å². The summed E-state index contributed by atoms with van der Waals surface area (Å²) in [6.07, 6.45) is 0. The SMILES string of the molecule is CC(C)(C)c1ccc(N(c2ccccc2)c2cccc3c2oc2c(N(c4ccccc4)c4ccc(C(C)(C)C)cc4)cc4c(c23)-c2c(ccc3ccccc23)-c2ccccc2-c2ccccc2-4)cc1. The Morgan fingerprint density at radius 1 is 0.319 bits per heavy atom. The summed E-state index contributed by atoms with van der Waals surface area (Å²) >= 11 is 0. The fraction of sp³-hybridized carbons (Fsp3) is 0.121. The molecule has 0 fully saturated rings. The monoisotopic (exact) mass is 890 g/mol. The second-order valence-electron chi connectivity index (χ2n) is 20.5. The van der Waals surface area contributed by atoms with Crippen molar-refractivity contribution in [3.05, 3.63) is 230 Å². The molecule has 0 saturated carbocycles. The lowest BCUT2D eigenvalue weighted by Crippen LogP contribution is -2.13. The van der Waals surface area contributed by atoms with Crippen LogP contribution in [0.5, 0.6) is 0 Å². The Bertz CT molecular complexity index is 3720. The maximum atomic E-state index is 7.76. The Kier molecular flexibility index (Phi) is 9.97. The molecule has 1 aromatic heterocycles. The Morgan fingerprint density at radius 2 is 0.768 bits per heavy atom. The highest BCUT2D eigenvalue weighted by Gasteiger charge is 2.32. The van der Waals surface area contributed by atoms with Gasteiger partial charge in [0.2, 0.25) is 0 Å². The molecule has 0 amide bonds. The van der Waals surface area contributed by atoms with Gasteiger partial charge in [-0.15, -0.1) is 0 Å². The average Bonchev–Trinajstić information content (AvgIpc) is 3.77. The van der Waals surface area contributed by atoms with Gasteiger partial charge in [0.05, 0.1) is 11.4 Å². The van der Waals surface area contributed by atoms with E-state index in [0.717, 1.165) is 67.2 Å². The molecule has 0 unspecified atom stereocenters. The van der Waals surface area contributed by atoms with Crippen LogP contribution >= 0.6 is 0 Å². The number of fused-ring (bicyclic) bond motifs is 14. The summed E-state index contributed by atoms with van der Waals surface area (Å²) in [5.41, 5.74) is 19.9. The molecule has 69 heavy (non-hydrogen) atoms. The van der Waals surface area contributed by atoms with Gasteiger partial charge < -0.3 is 14.2 Å². The van der Waals surface area contributed by atoms with Gasteiger partial charge in [-0.25, -0.2) is 0 Å². The lowest BCUT2D eigenvalue weighted by Gasteiger charge is -2.30. The van der Waals surface area contributed by atoms with Crippen LogP contribution in [0.2, 0.25) is 0 Å². The minimum atomic E-state index is -0.00501. The second kappa shape index (κ2) is 16.3. The summed E-state index contributed by atoms with van der Waals surface area (Å²) < 4.78 is 7.76. The van der Waals surface area contributed by atoms with E-state index in [9.17, 15) is 0 Å². The zero-order chi connectivity index (χ0) is 47.0. The van der Waals surface area contributed by atoms with Crippen LogP contribution in [0, 0.1) is 0 Å². The zero-order valence-corrected chi connectivity index (χ0v) is 40.1. The number of nitrogens with zero attached hydrogens (tertiary/aromatic N) is 2. The molecule has 0 radical (unpaired) electrons. The molecule has 11 aromatic rings. The van der Waals surface area contributed by atoms with Gasteiger partial charge in [0.1, 0.15) is 0 Å². The summed E-state index contributed by atoms with van der Waals surface area (Å²) in [5, 5.41) is 4.52. The Hall–Kier alpha value is -8.14. The summed E-state index contributed by atoms with van der Waals surface area (Å²) in [6.45, 7) is 13.6. The number of anilines is 6. The molecule has 3 nitrogen and oxygen atoms in total. The molecule has 334 valence electrons. The maximum Gasteiger partial charge on any atom is 0.160 e. The summed E-state index contributed by atoms with van der Waals surface area (Å²) in [6, 6.07) is 80.1. The van der Waals surface area contributed by atoms with Gasteiger partial charge in [0.25, 0.3) is 0 Å². The molecule has 0 spiro atoms.